The topological polar surface area (TPSA) is 78.5 Å². The van der Waals surface area contributed by atoms with Crippen LogP contribution in [-0.2, 0) is 10.0 Å². The van der Waals surface area contributed by atoms with Crippen LogP contribution in [0.2, 0.25) is 0 Å². The molecule has 0 saturated carbocycles. The number of carbonyl (C=O) groups is 1. The Kier molecular flexibility index (Phi) is 7.17. The highest BCUT2D eigenvalue weighted by atomic mass is 32.2. The molecule has 0 radical (unpaired) electrons. The van der Waals surface area contributed by atoms with Crippen molar-refractivity contribution in [3.05, 3.63) is 120 Å². The van der Waals surface area contributed by atoms with Crippen molar-refractivity contribution < 1.29 is 13.2 Å². The van der Waals surface area contributed by atoms with Crippen molar-refractivity contribution >= 4 is 33.0 Å². The first-order chi connectivity index (χ1) is 16.8. The monoisotopic (exact) mass is 485 g/mol. The highest BCUT2D eigenvalue weighted by Crippen LogP contribution is 2.23. The van der Waals surface area contributed by atoms with Gasteiger partial charge in [0.15, 0.2) is 0 Å². The lowest BCUT2D eigenvalue weighted by Crippen LogP contribution is -2.26. The second-order valence-corrected chi connectivity index (χ2v) is 10.1. The quantitative estimate of drug-likeness (QED) is 0.324. The Morgan fingerprint density at radius 2 is 1.29 bits per heavy atom. The van der Waals surface area contributed by atoms with E-state index in [0.717, 1.165) is 5.69 Å². The van der Waals surface area contributed by atoms with E-state index in [9.17, 15) is 13.2 Å². The molecule has 2 N–H and O–H groups in total. The molecule has 0 spiro atoms. The van der Waals surface area contributed by atoms with Crippen molar-refractivity contribution in [2.45, 2.75) is 17.9 Å². The summed E-state index contributed by atoms with van der Waals surface area (Å²) in [5.74, 6) is -0.316. The zero-order valence-corrected chi connectivity index (χ0v) is 20.4. The Labute approximate surface area is 206 Å². The average molecular weight is 486 g/mol. The summed E-state index contributed by atoms with van der Waals surface area (Å²) in [6.45, 7) is 2.09. The van der Waals surface area contributed by atoms with Crippen LogP contribution in [0.1, 0.15) is 28.9 Å². The van der Waals surface area contributed by atoms with Crippen molar-refractivity contribution in [3.8, 4) is 0 Å². The van der Waals surface area contributed by atoms with Crippen LogP contribution >= 0.6 is 0 Å². The lowest BCUT2D eigenvalue weighted by atomic mass is 10.1. The number of amides is 1. The van der Waals surface area contributed by atoms with Gasteiger partial charge in [-0.1, -0.05) is 48.5 Å². The molecule has 0 fully saturated rings. The van der Waals surface area contributed by atoms with Crippen LogP contribution in [0.3, 0.4) is 0 Å². The van der Waals surface area contributed by atoms with Gasteiger partial charge >= 0.3 is 0 Å². The summed E-state index contributed by atoms with van der Waals surface area (Å²) in [4.78, 5) is 12.8. The van der Waals surface area contributed by atoms with Crippen molar-refractivity contribution in [2.75, 3.05) is 22.0 Å². The minimum Gasteiger partial charge on any atom is -0.379 e. The summed E-state index contributed by atoms with van der Waals surface area (Å²) in [6, 6.07) is 32.5. The van der Waals surface area contributed by atoms with E-state index in [4.69, 9.17) is 0 Å². The van der Waals surface area contributed by atoms with Gasteiger partial charge in [-0.2, -0.15) is 0 Å². The number of nitrogens with one attached hydrogen (secondary N) is 2. The Hall–Kier alpha value is -4.10. The molecule has 1 amide bonds. The summed E-state index contributed by atoms with van der Waals surface area (Å²) in [5, 5.41) is 6.29. The molecule has 1 atom stereocenters. The lowest BCUT2D eigenvalue weighted by molar-refractivity contribution is 0.102. The largest absolute Gasteiger partial charge is 0.379 e. The fourth-order valence-corrected chi connectivity index (χ4v) is 4.84. The SMILES string of the molecule is CC(Nc1ccc(NC(=O)c2ccc(S(=O)(=O)N(C)c3ccccc3)cc2)cc1)c1ccccc1. The molecule has 7 heteroatoms. The number of rotatable bonds is 8. The molecule has 4 rings (SSSR count). The summed E-state index contributed by atoms with van der Waals surface area (Å²) in [6.07, 6.45) is 0. The molecule has 0 aliphatic heterocycles. The zero-order valence-electron chi connectivity index (χ0n) is 19.5. The predicted molar refractivity (Wildman–Crippen MR) is 141 cm³/mol. The summed E-state index contributed by atoms with van der Waals surface area (Å²) in [7, 11) is -2.23. The second-order valence-electron chi connectivity index (χ2n) is 8.14. The number of hydrogen-bond donors (Lipinski definition) is 2. The summed E-state index contributed by atoms with van der Waals surface area (Å²) >= 11 is 0. The summed E-state index contributed by atoms with van der Waals surface area (Å²) < 4.78 is 27.1. The van der Waals surface area contributed by atoms with E-state index in [1.165, 1.54) is 41.2 Å². The third-order valence-corrected chi connectivity index (χ3v) is 7.52. The smallest absolute Gasteiger partial charge is 0.264 e. The number of para-hydroxylation sites is 1. The summed E-state index contributed by atoms with van der Waals surface area (Å²) in [5.41, 5.74) is 3.70. The van der Waals surface area contributed by atoms with Crippen LogP contribution in [-0.4, -0.2) is 21.4 Å². The highest BCUT2D eigenvalue weighted by Gasteiger charge is 2.21. The molecule has 35 heavy (non-hydrogen) atoms. The maximum absolute atomic E-state index is 12.9. The van der Waals surface area contributed by atoms with Gasteiger partial charge in [0.2, 0.25) is 0 Å². The Balaban J connectivity index is 1.39. The van der Waals surface area contributed by atoms with E-state index in [0.29, 0.717) is 16.9 Å². The molecule has 0 aliphatic carbocycles. The molecule has 178 valence electrons. The molecule has 0 aliphatic rings. The zero-order chi connectivity index (χ0) is 24.8. The molecule has 4 aromatic rings. The maximum Gasteiger partial charge on any atom is 0.264 e. The first kappa shape index (κ1) is 24.0. The minimum atomic E-state index is -3.73. The maximum atomic E-state index is 12.9. The third-order valence-electron chi connectivity index (χ3n) is 5.72. The number of hydrogen-bond acceptors (Lipinski definition) is 4. The second kappa shape index (κ2) is 10.4. The van der Waals surface area contributed by atoms with Crippen LogP contribution < -0.4 is 14.9 Å². The van der Waals surface area contributed by atoms with E-state index in [2.05, 4.69) is 29.7 Å². The van der Waals surface area contributed by atoms with Crippen molar-refractivity contribution in [1.29, 1.82) is 0 Å². The Bertz CT molecular complexity index is 1370. The number of carbonyl (C=O) groups excluding carboxylic acids is 1. The first-order valence-electron chi connectivity index (χ1n) is 11.2. The minimum absolute atomic E-state index is 0.114. The average Bonchev–Trinajstić information content (AvgIpc) is 2.90. The fourth-order valence-electron chi connectivity index (χ4n) is 3.64. The van der Waals surface area contributed by atoms with Gasteiger partial charge in [-0.3, -0.25) is 9.10 Å². The molecule has 0 bridgehead atoms. The highest BCUT2D eigenvalue weighted by molar-refractivity contribution is 7.92. The number of anilines is 3. The van der Waals surface area contributed by atoms with Gasteiger partial charge in [-0.25, -0.2) is 8.42 Å². The van der Waals surface area contributed by atoms with Crippen LogP contribution in [0.4, 0.5) is 17.1 Å². The Morgan fingerprint density at radius 1 is 0.743 bits per heavy atom. The molecule has 4 aromatic carbocycles. The molecule has 0 aromatic heterocycles. The standard InChI is InChI=1S/C28H27N3O3S/c1-21(22-9-5-3-6-10-22)29-24-15-17-25(18-16-24)30-28(32)23-13-19-27(20-14-23)35(33,34)31(2)26-11-7-4-8-12-26/h3-21,29H,1-2H3,(H,30,32). The van der Waals surface area contributed by atoms with Gasteiger partial charge in [-0.05, 0) is 73.2 Å². The molecule has 1 unspecified atom stereocenters. The van der Waals surface area contributed by atoms with E-state index in [-0.39, 0.29) is 16.8 Å². The van der Waals surface area contributed by atoms with Gasteiger partial charge < -0.3 is 10.6 Å². The van der Waals surface area contributed by atoms with Crippen molar-refractivity contribution in [2.24, 2.45) is 0 Å². The lowest BCUT2D eigenvalue weighted by Gasteiger charge is -2.19. The van der Waals surface area contributed by atoms with Crippen molar-refractivity contribution in [1.82, 2.24) is 0 Å². The number of benzene rings is 4. The van der Waals surface area contributed by atoms with Gasteiger partial charge in [-0.15, -0.1) is 0 Å². The molecular weight excluding hydrogens is 458 g/mol. The van der Waals surface area contributed by atoms with E-state index < -0.39 is 10.0 Å². The van der Waals surface area contributed by atoms with Gasteiger partial charge in [0.05, 0.1) is 10.6 Å². The van der Waals surface area contributed by atoms with Gasteiger partial charge in [0.1, 0.15) is 0 Å². The predicted octanol–water partition coefficient (Wildman–Crippen LogP) is 5.94. The van der Waals surface area contributed by atoms with Crippen LogP contribution in [0.15, 0.2) is 114 Å². The van der Waals surface area contributed by atoms with Gasteiger partial charge in [0, 0.05) is 30.0 Å². The molecule has 0 saturated heterocycles. The van der Waals surface area contributed by atoms with E-state index in [1.807, 2.05) is 48.5 Å². The Morgan fingerprint density at radius 3 is 1.89 bits per heavy atom. The number of nitrogens with zero attached hydrogens (tertiary/aromatic N) is 1. The molecule has 0 heterocycles. The normalized spacial score (nSPS) is 11.9. The van der Waals surface area contributed by atoms with Crippen LogP contribution in [0.5, 0.6) is 0 Å². The molecular formula is C28H27N3O3S. The van der Waals surface area contributed by atoms with E-state index in [1.54, 1.807) is 24.3 Å². The number of sulfonamides is 1. The van der Waals surface area contributed by atoms with Gasteiger partial charge in [0.25, 0.3) is 15.9 Å². The van der Waals surface area contributed by atoms with E-state index >= 15 is 0 Å². The van der Waals surface area contributed by atoms with Crippen molar-refractivity contribution in [3.63, 3.8) is 0 Å². The molecule has 6 nitrogen and oxygen atoms in total. The first-order valence-corrected chi connectivity index (χ1v) is 12.7. The van der Waals surface area contributed by atoms with Crippen LogP contribution in [0, 0.1) is 0 Å². The van der Waals surface area contributed by atoms with Crippen LogP contribution in [0.25, 0.3) is 0 Å². The fraction of sp³-hybridized carbons (Fsp3) is 0.107. The third kappa shape index (κ3) is 5.70.